The molecule has 0 radical (unpaired) electrons. The quantitative estimate of drug-likeness (QED) is 0.128. The molecule has 2 unspecified atom stereocenters. The number of hydrogen-bond donors (Lipinski definition) is 1. The van der Waals surface area contributed by atoms with Gasteiger partial charge < -0.3 is 15.5 Å². The SMILES string of the molecule is CC(N)(CCc1ccc(-c2nc3ccc(C4(c5ccccc5)CC4)nc3s2)c(F)c1)C(=O)ON1c2ccc(C3(c4ccccc4)CC3)nc2SC1c1ccc(C(=O)N2CCC2)cc1F. The van der Waals surface area contributed by atoms with Gasteiger partial charge in [0.1, 0.15) is 48.6 Å². The van der Waals surface area contributed by atoms with Crippen molar-refractivity contribution in [3.8, 4) is 10.6 Å². The van der Waals surface area contributed by atoms with Crippen molar-refractivity contribution in [2.24, 2.45) is 5.73 Å². The summed E-state index contributed by atoms with van der Waals surface area (Å²) < 4.78 is 32.0. The Balaban J connectivity index is 0.817. The summed E-state index contributed by atoms with van der Waals surface area (Å²) in [5.41, 5.74) is 12.0. The van der Waals surface area contributed by atoms with E-state index in [0.29, 0.717) is 39.9 Å². The van der Waals surface area contributed by atoms with Gasteiger partial charge in [-0.15, -0.1) is 0 Å². The van der Waals surface area contributed by atoms with E-state index in [-0.39, 0.29) is 40.7 Å². The monoisotopic (exact) mass is 890 g/mol. The summed E-state index contributed by atoms with van der Waals surface area (Å²) in [7, 11) is 0. The second-order valence-corrected chi connectivity index (χ2v) is 19.8. The van der Waals surface area contributed by atoms with Gasteiger partial charge in [-0.2, -0.15) is 5.06 Å². The summed E-state index contributed by atoms with van der Waals surface area (Å²) >= 11 is 2.65. The van der Waals surface area contributed by atoms with Crippen molar-refractivity contribution in [3.63, 3.8) is 0 Å². The molecule has 322 valence electrons. The number of carbonyl (C=O) groups is 2. The Hall–Kier alpha value is -6.02. The summed E-state index contributed by atoms with van der Waals surface area (Å²) in [6, 6.07) is 38.0. The van der Waals surface area contributed by atoms with E-state index in [4.69, 9.17) is 25.5 Å². The van der Waals surface area contributed by atoms with Crippen molar-refractivity contribution in [2.75, 3.05) is 18.2 Å². The van der Waals surface area contributed by atoms with E-state index in [1.54, 1.807) is 30.0 Å². The Bertz CT molecular complexity index is 2970. The number of anilines is 1. The first-order valence-corrected chi connectivity index (χ1v) is 23.5. The average Bonchev–Trinajstić information content (AvgIpc) is 4.21. The third-order valence-electron chi connectivity index (χ3n) is 13.4. The van der Waals surface area contributed by atoms with E-state index in [2.05, 4.69) is 36.4 Å². The first-order chi connectivity index (χ1) is 31.0. The number of halogens is 2. The molecule has 64 heavy (non-hydrogen) atoms. The molecule has 2 aliphatic heterocycles. The molecule has 1 amide bonds. The zero-order valence-electron chi connectivity index (χ0n) is 35.1. The van der Waals surface area contributed by atoms with Crippen LogP contribution in [-0.4, -0.2) is 50.4 Å². The number of aryl methyl sites for hydroxylation is 1. The van der Waals surface area contributed by atoms with Gasteiger partial charge >= 0.3 is 5.97 Å². The Labute approximate surface area is 377 Å². The maximum atomic E-state index is 16.1. The number of hydroxylamine groups is 1. The van der Waals surface area contributed by atoms with E-state index in [0.717, 1.165) is 53.8 Å². The zero-order valence-corrected chi connectivity index (χ0v) is 36.7. The highest BCUT2D eigenvalue weighted by atomic mass is 32.2. The molecule has 1 saturated heterocycles. The molecule has 4 aromatic carbocycles. The largest absolute Gasteiger partial charge is 0.351 e. The molecule has 0 spiro atoms. The summed E-state index contributed by atoms with van der Waals surface area (Å²) in [6.07, 6.45) is 5.32. The van der Waals surface area contributed by atoms with Gasteiger partial charge in [-0.05, 0) is 117 Å². The van der Waals surface area contributed by atoms with Crippen molar-refractivity contribution in [3.05, 3.63) is 172 Å². The number of aromatic nitrogens is 3. The molecule has 2 N–H and O–H groups in total. The van der Waals surface area contributed by atoms with Gasteiger partial charge in [0, 0.05) is 40.6 Å². The van der Waals surface area contributed by atoms with Gasteiger partial charge in [-0.25, -0.2) is 28.5 Å². The fourth-order valence-corrected chi connectivity index (χ4v) is 11.2. The van der Waals surface area contributed by atoms with Crippen molar-refractivity contribution in [2.45, 2.75) is 78.6 Å². The zero-order chi connectivity index (χ0) is 43.8. The number of thioether (sulfide) groups is 1. The number of fused-ring (bicyclic) bond motifs is 2. The third-order valence-corrected chi connectivity index (χ3v) is 15.6. The molecule has 2 aliphatic carbocycles. The Morgan fingerprint density at radius 1 is 0.797 bits per heavy atom. The van der Waals surface area contributed by atoms with Gasteiger partial charge in [-0.3, -0.25) is 4.79 Å². The van der Waals surface area contributed by atoms with Crippen LogP contribution in [0.25, 0.3) is 20.9 Å². The number of thiazole rings is 1. The lowest BCUT2D eigenvalue weighted by Gasteiger charge is -2.31. The van der Waals surface area contributed by atoms with Crippen LogP contribution >= 0.6 is 23.1 Å². The van der Waals surface area contributed by atoms with Crippen LogP contribution in [0.1, 0.15) is 94.8 Å². The smallest absolute Gasteiger partial charge is 0.339 e. The lowest BCUT2D eigenvalue weighted by molar-refractivity contribution is -0.151. The van der Waals surface area contributed by atoms with E-state index in [1.807, 2.05) is 54.6 Å². The molecule has 9 nitrogen and oxygen atoms in total. The molecule has 0 bridgehead atoms. The molecule has 7 aromatic rings. The molecule has 3 aromatic heterocycles. The molecular weight excluding hydrogens is 847 g/mol. The van der Waals surface area contributed by atoms with Crippen LogP contribution in [0.2, 0.25) is 0 Å². The minimum Gasteiger partial charge on any atom is -0.339 e. The number of benzene rings is 4. The molecule has 2 saturated carbocycles. The maximum absolute atomic E-state index is 16.1. The highest BCUT2D eigenvalue weighted by molar-refractivity contribution is 8.00. The van der Waals surface area contributed by atoms with E-state index < -0.39 is 28.5 Å². The highest BCUT2D eigenvalue weighted by Gasteiger charge is 2.49. The van der Waals surface area contributed by atoms with Crippen molar-refractivity contribution in [1.82, 2.24) is 19.9 Å². The molecule has 3 fully saturated rings. The summed E-state index contributed by atoms with van der Waals surface area (Å²) in [5.74, 6) is -1.97. The van der Waals surface area contributed by atoms with Gasteiger partial charge in [0.15, 0.2) is 0 Å². The number of amides is 1. The topological polar surface area (TPSA) is 115 Å². The van der Waals surface area contributed by atoms with Crippen LogP contribution < -0.4 is 10.8 Å². The predicted molar refractivity (Wildman–Crippen MR) is 245 cm³/mol. The first-order valence-electron chi connectivity index (χ1n) is 21.8. The Kier molecular flexibility index (Phi) is 9.93. The van der Waals surface area contributed by atoms with Crippen LogP contribution in [0.15, 0.2) is 126 Å². The summed E-state index contributed by atoms with van der Waals surface area (Å²) in [6.45, 7) is 2.88. The minimum absolute atomic E-state index is 0.0838. The van der Waals surface area contributed by atoms with Crippen LogP contribution in [-0.2, 0) is 26.9 Å². The third kappa shape index (κ3) is 7.14. The number of rotatable bonds is 12. The molecule has 2 atom stereocenters. The van der Waals surface area contributed by atoms with Crippen molar-refractivity contribution < 1.29 is 23.2 Å². The fourth-order valence-electron chi connectivity index (χ4n) is 9.02. The molecule has 4 aliphatic rings. The number of nitrogens with two attached hydrogens (primary N) is 1. The lowest BCUT2D eigenvalue weighted by atomic mass is 9.92. The van der Waals surface area contributed by atoms with Gasteiger partial charge in [0.25, 0.3) is 5.91 Å². The van der Waals surface area contributed by atoms with Crippen molar-refractivity contribution in [1.29, 1.82) is 0 Å². The predicted octanol–water partition coefficient (Wildman–Crippen LogP) is 10.5. The molecule has 13 heteroatoms. The van der Waals surface area contributed by atoms with Crippen LogP contribution in [0, 0.1) is 11.6 Å². The number of pyridine rings is 2. The Morgan fingerprint density at radius 2 is 1.47 bits per heavy atom. The van der Waals surface area contributed by atoms with Crippen molar-refractivity contribution >= 4 is 51.0 Å². The van der Waals surface area contributed by atoms with Crippen LogP contribution in [0.3, 0.4) is 0 Å². The van der Waals surface area contributed by atoms with Crippen LogP contribution in [0.4, 0.5) is 14.5 Å². The second kappa shape index (κ2) is 15.6. The Morgan fingerprint density at radius 3 is 2.09 bits per heavy atom. The van der Waals surface area contributed by atoms with Gasteiger partial charge in [-0.1, -0.05) is 95.9 Å². The van der Waals surface area contributed by atoms with Crippen LogP contribution in [0.5, 0.6) is 0 Å². The standard InChI is InChI=1S/C51H44F2N6O3S2/c1-49(54,22-21-31-13-15-35(37(52)29-31)43-55-39-17-19-41(56-44(39)63-43)50(23-24-50)33-9-4-2-5-10-33)48(61)62-59-40-18-20-42(51(25-26-51)34-11-6-3-7-12-34)57-45(40)64-47(59)36-16-14-32(30-38(36)53)46(60)58-27-8-28-58/h2-7,9-20,29-30,47H,8,21-28,54H2,1H3. The number of nitrogens with zero attached hydrogens (tertiary/aromatic N) is 5. The average molecular weight is 891 g/mol. The van der Waals surface area contributed by atoms with E-state index in [1.165, 1.54) is 51.4 Å². The summed E-state index contributed by atoms with van der Waals surface area (Å²) in [4.78, 5) is 50.5. The fraction of sp³-hybridized carbons (Fsp3) is 0.275. The van der Waals surface area contributed by atoms with E-state index >= 15 is 8.78 Å². The van der Waals surface area contributed by atoms with Gasteiger partial charge in [0.2, 0.25) is 0 Å². The normalized spacial score (nSPS) is 18.8. The number of likely N-dealkylation sites (tertiary alicyclic amines) is 1. The van der Waals surface area contributed by atoms with E-state index in [9.17, 15) is 9.59 Å². The molecule has 5 heterocycles. The minimum atomic E-state index is -1.51. The maximum Gasteiger partial charge on any atom is 0.351 e. The highest BCUT2D eigenvalue weighted by Crippen LogP contribution is 2.57. The number of hydrogen-bond acceptors (Lipinski definition) is 10. The first kappa shape index (κ1) is 40.7. The van der Waals surface area contributed by atoms with Gasteiger partial charge in [0.05, 0.1) is 11.4 Å². The number of carbonyl (C=O) groups excluding carboxylic acids is 2. The second-order valence-electron chi connectivity index (χ2n) is 17.7. The molecular formula is C51H44F2N6O3S2. The molecule has 11 rings (SSSR count). The lowest BCUT2D eigenvalue weighted by Crippen LogP contribution is -2.49. The summed E-state index contributed by atoms with van der Waals surface area (Å²) in [5, 5.41) is 1.68.